The molecular formula is C11H10N6O. The van der Waals surface area contributed by atoms with Gasteiger partial charge in [-0.2, -0.15) is 15.2 Å². The highest BCUT2D eigenvalue weighted by Gasteiger charge is 2.09. The van der Waals surface area contributed by atoms with Crippen molar-refractivity contribution in [3.8, 4) is 0 Å². The van der Waals surface area contributed by atoms with Crippen LogP contribution in [0.4, 0.5) is 5.95 Å². The van der Waals surface area contributed by atoms with E-state index in [1.54, 1.807) is 23.0 Å². The van der Waals surface area contributed by atoms with Crippen LogP contribution in [0.15, 0.2) is 30.7 Å². The van der Waals surface area contributed by atoms with Crippen LogP contribution in [0.1, 0.15) is 10.4 Å². The van der Waals surface area contributed by atoms with Gasteiger partial charge in [0.15, 0.2) is 0 Å². The van der Waals surface area contributed by atoms with Gasteiger partial charge < -0.3 is 0 Å². The van der Waals surface area contributed by atoms with Crippen molar-refractivity contribution in [1.82, 2.24) is 25.0 Å². The van der Waals surface area contributed by atoms with E-state index in [1.807, 2.05) is 13.1 Å². The van der Waals surface area contributed by atoms with Gasteiger partial charge in [-0.15, -0.1) is 0 Å². The Balaban J connectivity index is 1.93. The molecule has 0 spiro atoms. The molecule has 0 aliphatic heterocycles. The summed E-state index contributed by atoms with van der Waals surface area (Å²) in [7, 11) is 1.83. The lowest BCUT2D eigenvalue weighted by molar-refractivity contribution is 0.102. The fourth-order valence-electron chi connectivity index (χ4n) is 1.73. The number of hydrogen-bond acceptors (Lipinski definition) is 4. The van der Waals surface area contributed by atoms with E-state index in [4.69, 9.17) is 0 Å². The summed E-state index contributed by atoms with van der Waals surface area (Å²) >= 11 is 0. The maximum Gasteiger partial charge on any atom is 0.258 e. The Labute approximate surface area is 102 Å². The Morgan fingerprint density at radius 1 is 1.44 bits per heavy atom. The van der Waals surface area contributed by atoms with Crippen molar-refractivity contribution in [2.45, 2.75) is 0 Å². The molecule has 0 aliphatic carbocycles. The Kier molecular flexibility index (Phi) is 2.30. The smallest absolute Gasteiger partial charge is 0.258 e. The topological polar surface area (TPSA) is 88.5 Å². The number of aryl methyl sites for hydroxylation is 1. The quantitative estimate of drug-likeness (QED) is 0.700. The standard InChI is InChI=1S/C11H10N6O/c1-17-9-4-7(2-3-8(9)5-14-17)10(18)15-11-12-6-13-16-11/h2-6H,1H3,(H2,12,13,15,16,18). The minimum atomic E-state index is -0.241. The van der Waals surface area contributed by atoms with Crippen LogP contribution in [-0.2, 0) is 7.05 Å². The van der Waals surface area contributed by atoms with Gasteiger partial charge >= 0.3 is 0 Å². The van der Waals surface area contributed by atoms with E-state index in [9.17, 15) is 4.79 Å². The Morgan fingerprint density at radius 2 is 2.33 bits per heavy atom. The highest BCUT2D eigenvalue weighted by molar-refractivity contribution is 6.05. The van der Waals surface area contributed by atoms with E-state index in [0.717, 1.165) is 10.9 Å². The third-order valence-corrected chi connectivity index (χ3v) is 2.66. The second-order valence-electron chi connectivity index (χ2n) is 3.83. The molecule has 7 nitrogen and oxygen atoms in total. The fourth-order valence-corrected chi connectivity index (χ4v) is 1.73. The number of nitrogens with one attached hydrogen (secondary N) is 2. The van der Waals surface area contributed by atoms with E-state index >= 15 is 0 Å². The molecule has 0 bridgehead atoms. The summed E-state index contributed by atoms with van der Waals surface area (Å²) < 4.78 is 1.72. The van der Waals surface area contributed by atoms with Gasteiger partial charge in [0.1, 0.15) is 6.33 Å². The van der Waals surface area contributed by atoms with Crippen molar-refractivity contribution in [3.05, 3.63) is 36.3 Å². The third kappa shape index (κ3) is 1.71. The third-order valence-electron chi connectivity index (χ3n) is 2.66. The number of anilines is 1. The first kappa shape index (κ1) is 10.5. The zero-order chi connectivity index (χ0) is 12.5. The van der Waals surface area contributed by atoms with Gasteiger partial charge in [-0.1, -0.05) is 6.07 Å². The molecule has 2 heterocycles. The van der Waals surface area contributed by atoms with Crippen LogP contribution in [0.5, 0.6) is 0 Å². The minimum Gasteiger partial charge on any atom is -0.291 e. The van der Waals surface area contributed by atoms with Crippen molar-refractivity contribution in [1.29, 1.82) is 0 Å². The largest absolute Gasteiger partial charge is 0.291 e. The van der Waals surface area contributed by atoms with Crippen LogP contribution in [0, 0.1) is 0 Å². The number of carbonyl (C=O) groups is 1. The van der Waals surface area contributed by atoms with Crippen LogP contribution < -0.4 is 5.32 Å². The Morgan fingerprint density at radius 3 is 3.11 bits per heavy atom. The predicted octanol–water partition coefficient (Wildman–Crippen LogP) is 0.944. The number of rotatable bonds is 2. The number of aromatic amines is 1. The molecule has 0 atom stereocenters. The molecule has 2 N–H and O–H groups in total. The van der Waals surface area contributed by atoms with Crippen molar-refractivity contribution >= 4 is 22.8 Å². The molecule has 18 heavy (non-hydrogen) atoms. The van der Waals surface area contributed by atoms with Gasteiger partial charge in [0, 0.05) is 18.0 Å². The van der Waals surface area contributed by atoms with Crippen LogP contribution in [-0.4, -0.2) is 30.9 Å². The molecule has 0 saturated heterocycles. The Bertz CT molecular complexity index is 699. The molecule has 0 radical (unpaired) electrons. The first-order valence-corrected chi connectivity index (χ1v) is 5.32. The summed E-state index contributed by atoms with van der Waals surface area (Å²) in [5.74, 6) is 0.0833. The average Bonchev–Trinajstić information content (AvgIpc) is 3.00. The van der Waals surface area contributed by atoms with Gasteiger partial charge in [0.25, 0.3) is 5.91 Å². The average molecular weight is 242 g/mol. The van der Waals surface area contributed by atoms with E-state index in [-0.39, 0.29) is 5.91 Å². The van der Waals surface area contributed by atoms with Crippen LogP contribution >= 0.6 is 0 Å². The Hall–Kier alpha value is -2.70. The number of benzene rings is 1. The first-order chi connectivity index (χ1) is 8.74. The molecule has 1 aromatic carbocycles. The minimum absolute atomic E-state index is 0.241. The lowest BCUT2D eigenvalue weighted by atomic mass is 10.1. The maximum atomic E-state index is 12.0. The number of aromatic nitrogens is 5. The predicted molar refractivity (Wildman–Crippen MR) is 65.0 cm³/mol. The first-order valence-electron chi connectivity index (χ1n) is 5.32. The monoisotopic (exact) mass is 242 g/mol. The molecule has 0 fully saturated rings. The van der Waals surface area contributed by atoms with Crippen LogP contribution in [0.3, 0.4) is 0 Å². The normalized spacial score (nSPS) is 10.7. The number of hydrogen-bond donors (Lipinski definition) is 2. The summed E-state index contributed by atoms with van der Waals surface area (Å²) in [6, 6.07) is 5.39. The van der Waals surface area contributed by atoms with Crippen LogP contribution in [0.2, 0.25) is 0 Å². The van der Waals surface area contributed by atoms with Crippen molar-refractivity contribution in [3.63, 3.8) is 0 Å². The van der Waals surface area contributed by atoms with E-state index < -0.39 is 0 Å². The number of carbonyl (C=O) groups excluding carboxylic acids is 1. The molecule has 2 aromatic heterocycles. The SMILES string of the molecule is Cn1ncc2ccc(C(=O)Nc3ncn[nH]3)cc21. The maximum absolute atomic E-state index is 12.0. The van der Waals surface area contributed by atoms with Crippen LogP contribution in [0.25, 0.3) is 10.9 Å². The molecule has 3 rings (SSSR count). The molecule has 0 aliphatic rings. The summed E-state index contributed by atoms with van der Waals surface area (Å²) in [6.07, 6.45) is 3.09. The number of fused-ring (bicyclic) bond motifs is 1. The van der Waals surface area contributed by atoms with Gasteiger partial charge in [0.2, 0.25) is 5.95 Å². The van der Waals surface area contributed by atoms with E-state index in [2.05, 4.69) is 25.6 Å². The zero-order valence-corrected chi connectivity index (χ0v) is 9.58. The van der Waals surface area contributed by atoms with E-state index in [0.29, 0.717) is 11.5 Å². The van der Waals surface area contributed by atoms with Crippen molar-refractivity contribution in [2.24, 2.45) is 7.05 Å². The summed E-state index contributed by atoms with van der Waals surface area (Å²) in [5.41, 5.74) is 1.45. The molecule has 0 unspecified atom stereocenters. The highest BCUT2D eigenvalue weighted by Crippen LogP contribution is 2.15. The summed E-state index contributed by atoms with van der Waals surface area (Å²) in [4.78, 5) is 15.8. The lowest BCUT2D eigenvalue weighted by Gasteiger charge is -2.02. The van der Waals surface area contributed by atoms with Gasteiger partial charge in [-0.3, -0.25) is 14.8 Å². The molecule has 1 amide bonds. The molecule has 7 heteroatoms. The van der Waals surface area contributed by atoms with Crippen molar-refractivity contribution in [2.75, 3.05) is 5.32 Å². The zero-order valence-electron chi connectivity index (χ0n) is 9.58. The summed E-state index contributed by atoms with van der Waals surface area (Å²) in [5, 5.41) is 14.0. The van der Waals surface area contributed by atoms with Crippen molar-refractivity contribution < 1.29 is 4.79 Å². The van der Waals surface area contributed by atoms with Gasteiger partial charge in [-0.05, 0) is 12.1 Å². The number of nitrogens with zero attached hydrogens (tertiary/aromatic N) is 4. The number of H-pyrrole nitrogens is 1. The second-order valence-corrected chi connectivity index (χ2v) is 3.83. The van der Waals surface area contributed by atoms with Gasteiger partial charge in [0.05, 0.1) is 11.7 Å². The molecule has 0 saturated carbocycles. The fraction of sp³-hybridized carbons (Fsp3) is 0.0909. The van der Waals surface area contributed by atoms with E-state index in [1.165, 1.54) is 6.33 Å². The second kappa shape index (κ2) is 3.95. The molecule has 90 valence electrons. The van der Waals surface area contributed by atoms with Gasteiger partial charge in [-0.25, -0.2) is 5.10 Å². The lowest BCUT2D eigenvalue weighted by Crippen LogP contribution is -2.13. The number of amides is 1. The molecule has 3 aromatic rings. The molecular weight excluding hydrogens is 232 g/mol. The highest BCUT2D eigenvalue weighted by atomic mass is 16.1. The summed E-state index contributed by atoms with van der Waals surface area (Å²) in [6.45, 7) is 0.